The highest BCUT2D eigenvalue weighted by Crippen LogP contribution is 2.38. The summed E-state index contributed by atoms with van der Waals surface area (Å²) in [7, 11) is 0. The van der Waals surface area contributed by atoms with Gasteiger partial charge in [-0.15, -0.1) is 0 Å². The van der Waals surface area contributed by atoms with E-state index in [1.54, 1.807) is 12.1 Å². The molecule has 0 aliphatic rings. The van der Waals surface area contributed by atoms with E-state index in [1.165, 1.54) is 13.3 Å². The fourth-order valence-electron chi connectivity index (χ4n) is 3.98. The zero-order chi connectivity index (χ0) is 27.5. The van der Waals surface area contributed by atoms with Gasteiger partial charge < -0.3 is 20.7 Å². The van der Waals surface area contributed by atoms with E-state index in [9.17, 15) is 9.90 Å². The highest BCUT2D eigenvalue weighted by Gasteiger charge is 2.22. The zero-order valence-corrected chi connectivity index (χ0v) is 21.3. The van der Waals surface area contributed by atoms with Crippen LogP contribution in [0.4, 0.5) is 5.82 Å². The van der Waals surface area contributed by atoms with Gasteiger partial charge in [-0.25, -0.2) is 14.8 Å². The number of carbonyl (C=O) groups is 1. The van der Waals surface area contributed by atoms with Crippen molar-refractivity contribution in [2.75, 3.05) is 12.3 Å². The number of amides is 1. The monoisotopic (exact) mass is 507 g/mol. The van der Waals surface area contributed by atoms with Crippen LogP contribution in [0, 0.1) is 24.8 Å². The molecule has 1 amide bonds. The number of nitrogens with zero attached hydrogens (tertiary/aromatic N) is 5. The van der Waals surface area contributed by atoms with Gasteiger partial charge in [0.05, 0.1) is 18.0 Å². The van der Waals surface area contributed by atoms with Crippen molar-refractivity contribution in [3.8, 4) is 17.2 Å². The Hall–Kier alpha value is -4.99. The maximum absolute atomic E-state index is 13.0. The van der Waals surface area contributed by atoms with Crippen LogP contribution >= 0.6 is 0 Å². The first-order valence-corrected chi connectivity index (χ1v) is 12.0. The minimum Gasteiger partial charge on any atom is -0.396 e. The topological polar surface area (TPSA) is 134 Å². The summed E-state index contributed by atoms with van der Waals surface area (Å²) in [6.45, 7) is 11.9. The molecule has 2 heterocycles. The van der Waals surface area contributed by atoms with Crippen molar-refractivity contribution in [3.05, 3.63) is 94.9 Å². The summed E-state index contributed by atoms with van der Waals surface area (Å²) in [5.41, 5.74) is 11.1. The first-order valence-electron chi connectivity index (χ1n) is 12.0. The lowest BCUT2D eigenvalue weighted by atomic mass is 10.0. The number of nitrogens with two attached hydrogens (primary N) is 1. The van der Waals surface area contributed by atoms with Crippen LogP contribution in [0.2, 0.25) is 0 Å². The number of nitrogen functional groups attached to an aromatic ring is 1. The number of aliphatic hydroxyl groups excluding tert-OH is 1. The van der Waals surface area contributed by atoms with Crippen molar-refractivity contribution in [1.82, 2.24) is 19.9 Å². The molecule has 4 aromatic rings. The summed E-state index contributed by atoms with van der Waals surface area (Å²) in [4.78, 5) is 25.1. The number of nitrogens with one attached hydrogen (secondary N) is 1. The Kier molecular flexibility index (Phi) is 9.70. The predicted molar refractivity (Wildman–Crippen MR) is 148 cm³/mol. The van der Waals surface area contributed by atoms with Gasteiger partial charge in [0.2, 0.25) is 0 Å². The van der Waals surface area contributed by atoms with Crippen LogP contribution in [0.1, 0.15) is 30.2 Å². The van der Waals surface area contributed by atoms with Gasteiger partial charge in [0.25, 0.3) is 11.6 Å². The van der Waals surface area contributed by atoms with Crippen LogP contribution in [0.15, 0.2) is 66.6 Å². The third-order valence-corrected chi connectivity index (χ3v) is 5.71. The van der Waals surface area contributed by atoms with Crippen molar-refractivity contribution >= 4 is 28.8 Å². The average Bonchev–Trinajstić information content (AvgIpc) is 3.24. The molecule has 2 aromatic heterocycles. The van der Waals surface area contributed by atoms with Crippen LogP contribution in [0.25, 0.3) is 33.1 Å². The molecule has 0 fully saturated rings. The number of aryl methyl sites for hydroxylation is 2. The minimum atomic E-state index is -0.475. The van der Waals surface area contributed by atoms with E-state index in [4.69, 9.17) is 17.6 Å². The molecule has 2 aromatic carbocycles. The molecule has 0 saturated carbocycles. The number of anilines is 1. The Balaban J connectivity index is 0.00000127. The van der Waals surface area contributed by atoms with Gasteiger partial charge in [-0.1, -0.05) is 60.2 Å². The third-order valence-electron chi connectivity index (χ3n) is 5.71. The maximum atomic E-state index is 13.0. The molecule has 0 aliphatic heterocycles. The second-order valence-corrected chi connectivity index (χ2v) is 8.35. The Labute approximate surface area is 221 Å². The smallest absolute Gasteiger partial charge is 0.252 e. The molecular weight excluding hydrogens is 478 g/mol. The molecular formula is C29H29N7O2. The van der Waals surface area contributed by atoms with Gasteiger partial charge in [0.1, 0.15) is 17.8 Å². The third kappa shape index (κ3) is 6.41. The standard InChI is InChI=1S/C27H26N6O2.C2H3N/c1-18-9-11-20(12-10-18)23-22(33(13-6-14-34)26-24(23)25(28)31-17-32-26)15-21(29-2)27(35)30-16-19-7-4-3-5-8-19;1-2-3/h3-5,7-12,15,17,34H,6,13-14,16H2,1H3,(H,30,35)(H2,28,31,32);1H3/b21-15-;. The minimum absolute atomic E-state index is 0.0174. The number of carbonyl (C=O) groups excluding carboxylic acids is 1. The van der Waals surface area contributed by atoms with Gasteiger partial charge in [-0.3, -0.25) is 4.79 Å². The zero-order valence-electron chi connectivity index (χ0n) is 21.3. The van der Waals surface area contributed by atoms with Crippen LogP contribution in [0.5, 0.6) is 0 Å². The number of hydrogen-bond donors (Lipinski definition) is 3. The van der Waals surface area contributed by atoms with Gasteiger partial charge >= 0.3 is 0 Å². The van der Waals surface area contributed by atoms with E-state index in [0.717, 1.165) is 22.3 Å². The maximum Gasteiger partial charge on any atom is 0.252 e. The van der Waals surface area contributed by atoms with Gasteiger partial charge in [0, 0.05) is 37.9 Å². The van der Waals surface area contributed by atoms with E-state index in [2.05, 4.69) is 20.1 Å². The summed E-state index contributed by atoms with van der Waals surface area (Å²) in [5.74, 6) is -0.169. The molecule has 38 heavy (non-hydrogen) atoms. The summed E-state index contributed by atoms with van der Waals surface area (Å²) in [5, 5.41) is 20.3. The second-order valence-electron chi connectivity index (χ2n) is 8.35. The number of benzene rings is 2. The van der Waals surface area contributed by atoms with Crippen LogP contribution < -0.4 is 11.1 Å². The SMILES string of the molecule is CC#N.[C-]#[N+]/C(=C\c1c(-c2ccc(C)cc2)c2c(N)ncnc2n1CCCO)C(=O)NCc1ccccc1. The Morgan fingerprint density at radius 3 is 2.53 bits per heavy atom. The molecule has 0 saturated heterocycles. The lowest BCUT2D eigenvalue weighted by molar-refractivity contribution is -0.117. The average molecular weight is 508 g/mol. The van der Waals surface area contributed by atoms with Gasteiger partial charge in [-0.05, 0) is 30.5 Å². The molecule has 0 atom stereocenters. The van der Waals surface area contributed by atoms with Crippen LogP contribution in [-0.2, 0) is 17.9 Å². The Bertz CT molecular complexity index is 1510. The van der Waals surface area contributed by atoms with E-state index < -0.39 is 5.91 Å². The van der Waals surface area contributed by atoms with Crippen molar-refractivity contribution in [2.24, 2.45) is 0 Å². The lowest BCUT2D eigenvalue weighted by Crippen LogP contribution is -2.23. The molecule has 9 nitrogen and oxygen atoms in total. The number of nitriles is 1. The van der Waals surface area contributed by atoms with Crippen LogP contribution in [-0.4, -0.2) is 32.2 Å². The molecule has 9 heteroatoms. The number of aromatic nitrogens is 3. The van der Waals surface area contributed by atoms with E-state index in [0.29, 0.717) is 42.1 Å². The number of aliphatic hydroxyl groups is 1. The first-order chi connectivity index (χ1) is 18.4. The summed E-state index contributed by atoms with van der Waals surface area (Å²) in [6, 6.07) is 19.2. The summed E-state index contributed by atoms with van der Waals surface area (Å²) in [6.07, 6.45) is 3.43. The number of rotatable bonds is 8. The highest BCUT2D eigenvalue weighted by molar-refractivity contribution is 6.07. The highest BCUT2D eigenvalue weighted by atomic mass is 16.3. The van der Waals surface area contributed by atoms with E-state index in [-0.39, 0.29) is 12.3 Å². The van der Waals surface area contributed by atoms with E-state index >= 15 is 0 Å². The van der Waals surface area contributed by atoms with E-state index in [1.807, 2.05) is 66.1 Å². The number of fused-ring (bicyclic) bond motifs is 1. The molecule has 0 bridgehead atoms. The second kappa shape index (κ2) is 13.4. The molecule has 0 unspecified atom stereocenters. The van der Waals surface area contributed by atoms with Crippen molar-refractivity contribution < 1.29 is 9.90 Å². The predicted octanol–water partition coefficient (Wildman–Crippen LogP) is 4.48. The van der Waals surface area contributed by atoms with Crippen molar-refractivity contribution in [2.45, 2.75) is 33.4 Å². The van der Waals surface area contributed by atoms with Crippen molar-refractivity contribution in [3.63, 3.8) is 0 Å². The normalized spacial score (nSPS) is 10.7. The molecule has 4 rings (SSSR count). The first kappa shape index (κ1) is 27.6. The summed E-state index contributed by atoms with van der Waals surface area (Å²) < 4.78 is 1.88. The van der Waals surface area contributed by atoms with Crippen molar-refractivity contribution in [1.29, 1.82) is 5.26 Å². The van der Waals surface area contributed by atoms with Gasteiger partial charge in [-0.2, -0.15) is 5.26 Å². The van der Waals surface area contributed by atoms with Gasteiger partial charge in [0.15, 0.2) is 0 Å². The molecule has 4 N–H and O–H groups in total. The largest absolute Gasteiger partial charge is 0.396 e. The molecule has 0 aliphatic carbocycles. The Morgan fingerprint density at radius 2 is 1.89 bits per heavy atom. The fourth-order valence-corrected chi connectivity index (χ4v) is 3.98. The lowest BCUT2D eigenvalue weighted by Gasteiger charge is -2.10. The quantitative estimate of drug-likeness (QED) is 0.238. The Morgan fingerprint density at radius 1 is 1.21 bits per heavy atom. The number of hydrogen-bond acceptors (Lipinski definition) is 6. The fraction of sp³-hybridized carbons (Fsp3) is 0.207. The molecule has 0 radical (unpaired) electrons. The summed E-state index contributed by atoms with van der Waals surface area (Å²) >= 11 is 0. The van der Waals surface area contributed by atoms with Crippen LogP contribution in [0.3, 0.4) is 0 Å². The molecule has 0 spiro atoms. The molecule has 192 valence electrons.